The molecule has 0 bridgehead atoms. The standard InChI is InChI=1S/C9H20N2.C2H6/c1-7(2)11-6-5-10-8(3)9(11)4;1-2/h7-10H,5-6H2,1-4H3;1-2H3. The Morgan fingerprint density at radius 3 is 2.15 bits per heavy atom. The van der Waals surface area contributed by atoms with Crippen LogP contribution in [0.1, 0.15) is 41.5 Å². The van der Waals surface area contributed by atoms with Crippen molar-refractivity contribution < 1.29 is 0 Å². The fraction of sp³-hybridized carbons (Fsp3) is 1.00. The molecule has 0 aliphatic carbocycles. The number of nitrogens with zero attached hydrogens (tertiary/aromatic N) is 1. The van der Waals surface area contributed by atoms with Crippen LogP contribution in [0.25, 0.3) is 0 Å². The molecule has 0 radical (unpaired) electrons. The van der Waals surface area contributed by atoms with Crippen LogP contribution in [0.5, 0.6) is 0 Å². The summed E-state index contributed by atoms with van der Waals surface area (Å²) in [7, 11) is 0. The van der Waals surface area contributed by atoms with Crippen LogP contribution in [0.2, 0.25) is 0 Å². The Hall–Kier alpha value is -0.0800. The first-order valence-electron chi connectivity index (χ1n) is 5.62. The maximum absolute atomic E-state index is 3.47. The van der Waals surface area contributed by atoms with Crippen LogP contribution in [0, 0.1) is 0 Å². The molecule has 0 saturated carbocycles. The van der Waals surface area contributed by atoms with E-state index in [9.17, 15) is 0 Å². The zero-order chi connectivity index (χ0) is 10.4. The quantitative estimate of drug-likeness (QED) is 0.674. The van der Waals surface area contributed by atoms with Gasteiger partial charge in [0.15, 0.2) is 0 Å². The molecule has 13 heavy (non-hydrogen) atoms. The van der Waals surface area contributed by atoms with Gasteiger partial charge in [0.1, 0.15) is 0 Å². The van der Waals surface area contributed by atoms with E-state index in [1.54, 1.807) is 0 Å². The van der Waals surface area contributed by atoms with Crippen LogP contribution in [-0.4, -0.2) is 36.1 Å². The van der Waals surface area contributed by atoms with Crippen LogP contribution < -0.4 is 5.32 Å². The second-order valence-corrected chi connectivity index (χ2v) is 3.81. The number of nitrogens with one attached hydrogen (secondary N) is 1. The Labute approximate surface area is 83.7 Å². The third kappa shape index (κ3) is 3.65. The summed E-state index contributed by atoms with van der Waals surface area (Å²) in [5.41, 5.74) is 0. The van der Waals surface area contributed by atoms with Gasteiger partial charge >= 0.3 is 0 Å². The minimum Gasteiger partial charge on any atom is -0.311 e. The van der Waals surface area contributed by atoms with Crippen molar-refractivity contribution in [2.24, 2.45) is 0 Å². The van der Waals surface area contributed by atoms with Gasteiger partial charge in [0, 0.05) is 31.2 Å². The molecule has 1 aliphatic heterocycles. The van der Waals surface area contributed by atoms with Gasteiger partial charge in [-0.2, -0.15) is 0 Å². The Kier molecular flexibility index (Phi) is 6.35. The molecule has 2 unspecified atom stereocenters. The third-order valence-corrected chi connectivity index (χ3v) is 2.75. The molecule has 1 aliphatic rings. The van der Waals surface area contributed by atoms with Crippen LogP contribution >= 0.6 is 0 Å². The first kappa shape index (κ1) is 12.9. The Morgan fingerprint density at radius 1 is 1.23 bits per heavy atom. The molecule has 1 heterocycles. The summed E-state index contributed by atoms with van der Waals surface area (Å²) in [5, 5.41) is 3.47. The lowest BCUT2D eigenvalue weighted by molar-refractivity contribution is 0.105. The van der Waals surface area contributed by atoms with Gasteiger partial charge in [-0.15, -0.1) is 0 Å². The van der Waals surface area contributed by atoms with Crippen molar-refractivity contribution in [3.05, 3.63) is 0 Å². The first-order valence-corrected chi connectivity index (χ1v) is 5.62. The predicted molar refractivity (Wildman–Crippen MR) is 60.1 cm³/mol. The zero-order valence-electron chi connectivity index (χ0n) is 10.1. The zero-order valence-corrected chi connectivity index (χ0v) is 10.1. The van der Waals surface area contributed by atoms with E-state index in [0.29, 0.717) is 18.1 Å². The van der Waals surface area contributed by atoms with Gasteiger partial charge < -0.3 is 5.32 Å². The van der Waals surface area contributed by atoms with Gasteiger partial charge in [-0.1, -0.05) is 13.8 Å². The minimum absolute atomic E-state index is 0.645. The highest BCUT2D eigenvalue weighted by atomic mass is 15.2. The maximum atomic E-state index is 3.47. The molecular formula is C11H26N2. The Morgan fingerprint density at radius 2 is 1.77 bits per heavy atom. The van der Waals surface area contributed by atoms with Crippen molar-refractivity contribution in [1.82, 2.24) is 10.2 Å². The molecule has 2 heteroatoms. The predicted octanol–water partition coefficient (Wildman–Crippen LogP) is 2.10. The van der Waals surface area contributed by atoms with E-state index in [4.69, 9.17) is 0 Å². The highest BCUT2D eigenvalue weighted by molar-refractivity contribution is 4.84. The molecule has 2 atom stereocenters. The number of hydrogen-bond acceptors (Lipinski definition) is 2. The average Bonchev–Trinajstić information content (AvgIpc) is 2.13. The van der Waals surface area contributed by atoms with Crippen LogP contribution in [0.4, 0.5) is 0 Å². The number of hydrogen-bond donors (Lipinski definition) is 1. The van der Waals surface area contributed by atoms with E-state index in [2.05, 4.69) is 37.9 Å². The number of rotatable bonds is 1. The minimum atomic E-state index is 0.645. The third-order valence-electron chi connectivity index (χ3n) is 2.75. The van der Waals surface area contributed by atoms with Gasteiger partial charge in [-0.3, -0.25) is 4.90 Å². The lowest BCUT2D eigenvalue weighted by Gasteiger charge is -2.41. The van der Waals surface area contributed by atoms with E-state index in [1.165, 1.54) is 6.54 Å². The van der Waals surface area contributed by atoms with Crippen LogP contribution in [0.3, 0.4) is 0 Å². The molecule has 1 fully saturated rings. The Balaban J connectivity index is 0.000000671. The van der Waals surface area contributed by atoms with Crippen LogP contribution in [-0.2, 0) is 0 Å². The fourth-order valence-corrected chi connectivity index (χ4v) is 1.81. The van der Waals surface area contributed by atoms with E-state index < -0.39 is 0 Å². The summed E-state index contributed by atoms with van der Waals surface area (Å²) < 4.78 is 0. The van der Waals surface area contributed by atoms with E-state index in [-0.39, 0.29) is 0 Å². The van der Waals surface area contributed by atoms with Crippen molar-refractivity contribution in [3.63, 3.8) is 0 Å². The van der Waals surface area contributed by atoms with Gasteiger partial charge in [0.05, 0.1) is 0 Å². The maximum Gasteiger partial charge on any atom is 0.0221 e. The van der Waals surface area contributed by atoms with E-state index in [0.717, 1.165) is 6.54 Å². The van der Waals surface area contributed by atoms with Crippen molar-refractivity contribution in [2.45, 2.75) is 59.7 Å². The number of piperazine rings is 1. The van der Waals surface area contributed by atoms with E-state index >= 15 is 0 Å². The summed E-state index contributed by atoms with van der Waals surface area (Å²) in [6, 6.07) is 2.02. The summed E-state index contributed by atoms with van der Waals surface area (Å²) in [4.78, 5) is 2.56. The van der Waals surface area contributed by atoms with Crippen molar-refractivity contribution in [3.8, 4) is 0 Å². The molecule has 80 valence electrons. The van der Waals surface area contributed by atoms with Crippen molar-refractivity contribution in [1.29, 1.82) is 0 Å². The van der Waals surface area contributed by atoms with Gasteiger partial charge in [0.2, 0.25) is 0 Å². The average molecular weight is 186 g/mol. The normalized spacial score (nSPS) is 29.8. The van der Waals surface area contributed by atoms with E-state index in [1.807, 2.05) is 13.8 Å². The lowest BCUT2D eigenvalue weighted by atomic mass is 10.1. The molecule has 1 N–H and O–H groups in total. The molecule has 2 nitrogen and oxygen atoms in total. The van der Waals surface area contributed by atoms with Crippen molar-refractivity contribution in [2.75, 3.05) is 13.1 Å². The summed E-state index contributed by atoms with van der Waals surface area (Å²) in [5.74, 6) is 0. The van der Waals surface area contributed by atoms with Crippen molar-refractivity contribution >= 4 is 0 Å². The van der Waals surface area contributed by atoms with Gasteiger partial charge in [-0.05, 0) is 27.7 Å². The second kappa shape index (κ2) is 6.39. The molecule has 0 aromatic heterocycles. The monoisotopic (exact) mass is 186 g/mol. The molecule has 1 saturated heterocycles. The fourth-order valence-electron chi connectivity index (χ4n) is 1.81. The Bertz CT molecular complexity index is 123. The first-order chi connectivity index (χ1) is 6.13. The smallest absolute Gasteiger partial charge is 0.0221 e. The summed E-state index contributed by atoms with van der Waals surface area (Å²) in [6.45, 7) is 15.5. The molecule has 0 amide bonds. The van der Waals surface area contributed by atoms with Crippen LogP contribution in [0.15, 0.2) is 0 Å². The highest BCUT2D eigenvalue weighted by Crippen LogP contribution is 2.11. The van der Waals surface area contributed by atoms with Gasteiger partial charge in [0.25, 0.3) is 0 Å². The van der Waals surface area contributed by atoms with Gasteiger partial charge in [-0.25, -0.2) is 0 Å². The summed E-state index contributed by atoms with van der Waals surface area (Å²) >= 11 is 0. The largest absolute Gasteiger partial charge is 0.311 e. The molecule has 1 rings (SSSR count). The molecule has 0 aromatic rings. The molecule has 0 aromatic carbocycles. The summed E-state index contributed by atoms with van der Waals surface area (Å²) in [6.07, 6.45) is 0. The SMILES string of the molecule is CC.CC1NCCN(C(C)C)C1C. The topological polar surface area (TPSA) is 15.3 Å². The second-order valence-electron chi connectivity index (χ2n) is 3.81. The molecular weight excluding hydrogens is 160 g/mol. The molecule has 0 spiro atoms. The lowest BCUT2D eigenvalue weighted by Crippen LogP contribution is -2.57. The highest BCUT2D eigenvalue weighted by Gasteiger charge is 2.25.